The normalized spacial score (nSPS) is 31.2. The van der Waals surface area contributed by atoms with E-state index in [-0.39, 0.29) is 35.2 Å². The molecule has 140 valence electrons. The monoisotopic (exact) mass is 359 g/mol. The standard InChI is InChI=1S/C18H25N5O3/c24-15-2-1-14(22-15)17(26)23-8-7-18(11-23)5-3-13(4-6-18)21-16(25)12-9-19-20-10-12/h9-10,13-14H,1-8,11H2,(H,19,20)(H,21,25)(H,22,24)/t13?,14-,18?/m0/s1. The maximum absolute atomic E-state index is 12.6. The van der Waals surface area contributed by atoms with Gasteiger partial charge in [0.05, 0.1) is 11.8 Å². The number of carbonyl (C=O) groups is 3. The van der Waals surface area contributed by atoms with Crippen molar-refractivity contribution in [2.24, 2.45) is 5.41 Å². The molecule has 3 heterocycles. The summed E-state index contributed by atoms with van der Waals surface area (Å²) in [5.41, 5.74) is 0.733. The molecule has 0 unspecified atom stereocenters. The third-order valence-electron chi connectivity index (χ3n) is 6.19. The number of rotatable bonds is 3. The van der Waals surface area contributed by atoms with Gasteiger partial charge in [0.1, 0.15) is 6.04 Å². The van der Waals surface area contributed by atoms with Crippen molar-refractivity contribution in [3.63, 3.8) is 0 Å². The highest BCUT2D eigenvalue weighted by Gasteiger charge is 2.44. The average molecular weight is 359 g/mol. The summed E-state index contributed by atoms with van der Waals surface area (Å²) >= 11 is 0. The van der Waals surface area contributed by atoms with E-state index in [1.807, 2.05) is 4.90 Å². The fourth-order valence-corrected chi connectivity index (χ4v) is 4.57. The van der Waals surface area contributed by atoms with E-state index in [9.17, 15) is 14.4 Å². The van der Waals surface area contributed by atoms with Crippen molar-refractivity contribution in [2.45, 2.75) is 57.0 Å². The maximum Gasteiger partial charge on any atom is 0.254 e. The molecule has 1 aromatic rings. The van der Waals surface area contributed by atoms with Crippen LogP contribution in [-0.4, -0.2) is 58.0 Å². The fourth-order valence-electron chi connectivity index (χ4n) is 4.57. The SMILES string of the molecule is O=C1CC[C@@H](C(=O)N2CCC3(CCC(NC(=O)c4cn[nH]c4)CC3)C2)N1. The Morgan fingerprint density at radius 1 is 1.23 bits per heavy atom. The van der Waals surface area contributed by atoms with Crippen LogP contribution < -0.4 is 10.6 Å². The minimum atomic E-state index is -0.330. The highest BCUT2D eigenvalue weighted by Crippen LogP contribution is 2.44. The Morgan fingerprint density at radius 3 is 2.69 bits per heavy atom. The van der Waals surface area contributed by atoms with Gasteiger partial charge >= 0.3 is 0 Å². The van der Waals surface area contributed by atoms with Crippen LogP contribution in [0.5, 0.6) is 0 Å². The van der Waals surface area contributed by atoms with Gasteiger partial charge in [-0.05, 0) is 43.9 Å². The quantitative estimate of drug-likeness (QED) is 0.734. The number of aromatic nitrogens is 2. The molecule has 8 heteroatoms. The first-order valence-electron chi connectivity index (χ1n) is 9.42. The molecule has 0 aromatic carbocycles. The second-order valence-corrected chi connectivity index (χ2v) is 7.90. The van der Waals surface area contributed by atoms with Crippen molar-refractivity contribution in [3.8, 4) is 0 Å². The van der Waals surface area contributed by atoms with E-state index in [0.717, 1.165) is 45.2 Å². The molecule has 1 saturated carbocycles. The van der Waals surface area contributed by atoms with Gasteiger partial charge in [-0.1, -0.05) is 0 Å². The molecule has 1 aromatic heterocycles. The largest absolute Gasteiger partial charge is 0.349 e. The molecule has 3 aliphatic rings. The summed E-state index contributed by atoms with van der Waals surface area (Å²) in [6.45, 7) is 1.55. The lowest BCUT2D eigenvalue weighted by Crippen LogP contribution is -2.45. The van der Waals surface area contributed by atoms with Crippen molar-refractivity contribution in [2.75, 3.05) is 13.1 Å². The van der Waals surface area contributed by atoms with Crippen LogP contribution in [0.1, 0.15) is 55.3 Å². The van der Waals surface area contributed by atoms with Gasteiger partial charge in [0.15, 0.2) is 0 Å². The van der Waals surface area contributed by atoms with Crippen molar-refractivity contribution < 1.29 is 14.4 Å². The summed E-state index contributed by atoms with van der Waals surface area (Å²) in [4.78, 5) is 38.0. The smallest absolute Gasteiger partial charge is 0.254 e. The molecule has 2 saturated heterocycles. The number of hydrogen-bond donors (Lipinski definition) is 3. The van der Waals surface area contributed by atoms with Crippen molar-refractivity contribution in [1.82, 2.24) is 25.7 Å². The lowest BCUT2D eigenvalue weighted by atomic mass is 9.72. The van der Waals surface area contributed by atoms with Crippen molar-refractivity contribution >= 4 is 17.7 Å². The Morgan fingerprint density at radius 2 is 2.04 bits per heavy atom. The molecule has 26 heavy (non-hydrogen) atoms. The predicted molar refractivity (Wildman–Crippen MR) is 93.1 cm³/mol. The second-order valence-electron chi connectivity index (χ2n) is 7.90. The number of likely N-dealkylation sites (tertiary alicyclic amines) is 1. The van der Waals surface area contributed by atoms with E-state index in [1.165, 1.54) is 6.20 Å². The summed E-state index contributed by atoms with van der Waals surface area (Å²) in [6, 6.07) is -0.148. The minimum absolute atomic E-state index is 0.0221. The highest BCUT2D eigenvalue weighted by molar-refractivity contribution is 5.93. The number of nitrogens with one attached hydrogen (secondary N) is 3. The van der Waals surface area contributed by atoms with E-state index >= 15 is 0 Å². The summed E-state index contributed by atoms with van der Waals surface area (Å²) in [6.07, 6.45) is 9.12. The zero-order chi connectivity index (χ0) is 18.1. The first-order valence-corrected chi connectivity index (χ1v) is 9.42. The van der Waals surface area contributed by atoms with Gasteiger partial charge in [-0.3, -0.25) is 19.5 Å². The van der Waals surface area contributed by atoms with Crippen LogP contribution in [0.4, 0.5) is 0 Å². The Bertz CT molecular complexity index is 694. The minimum Gasteiger partial charge on any atom is -0.349 e. The second kappa shape index (κ2) is 6.74. The van der Waals surface area contributed by atoms with Gasteiger partial charge in [-0.15, -0.1) is 0 Å². The lowest BCUT2D eigenvalue weighted by molar-refractivity contribution is -0.133. The lowest BCUT2D eigenvalue weighted by Gasteiger charge is -2.37. The van der Waals surface area contributed by atoms with Gasteiger partial charge in [0.2, 0.25) is 11.8 Å². The number of amides is 3. The fraction of sp³-hybridized carbons (Fsp3) is 0.667. The zero-order valence-electron chi connectivity index (χ0n) is 14.8. The Labute approximate surface area is 152 Å². The predicted octanol–water partition coefficient (Wildman–Crippen LogP) is 0.579. The molecule has 1 spiro atoms. The van der Waals surface area contributed by atoms with E-state index in [1.54, 1.807) is 6.20 Å². The molecule has 8 nitrogen and oxygen atoms in total. The average Bonchev–Trinajstić information content (AvgIpc) is 3.38. The summed E-state index contributed by atoms with van der Waals surface area (Å²) in [7, 11) is 0. The number of carbonyl (C=O) groups excluding carboxylic acids is 3. The van der Waals surface area contributed by atoms with Crippen molar-refractivity contribution in [3.05, 3.63) is 18.0 Å². The first kappa shape index (κ1) is 17.1. The van der Waals surface area contributed by atoms with Crippen LogP contribution in [0.2, 0.25) is 0 Å². The molecule has 0 radical (unpaired) electrons. The van der Waals surface area contributed by atoms with Gasteiger partial charge in [0, 0.05) is 31.7 Å². The Hall–Kier alpha value is -2.38. The molecular weight excluding hydrogens is 334 g/mol. The zero-order valence-corrected chi connectivity index (χ0v) is 14.8. The molecule has 1 aliphatic carbocycles. The van der Waals surface area contributed by atoms with Gasteiger partial charge in [-0.25, -0.2) is 0 Å². The molecule has 3 fully saturated rings. The number of H-pyrrole nitrogens is 1. The van der Waals surface area contributed by atoms with E-state index in [2.05, 4.69) is 20.8 Å². The van der Waals surface area contributed by atoms with E-state index in [4.69, 9.17) is 0 Å². The van der Waals surface area contributed by atoms with Crippen LogP contribution in [0.15, 0.2) is 12.4 Å². The number of aromatic amines is 1. The van der Waals surface area contributed by atoms with E-state index in [0.29, 0.717) is 18.4 Å². The van der Waals surface area contributed by atoms with Crippen LogP contribution in [0.3, 0.4) is 0 Å². The van der Waals surface area contributed by atoms with Crippen LogP contribution >= 0.6 is 0 Å². The molecule has 3 N–H and O–H groups in total. The summed E-state index contributed by atoms with van der Waals surface area (Å²) < 4.78 is 0. The molecule has 0 bridgehead atoms. The summed E-state index contributed by atoms with van der Waals surface area (Å²) in [5, 5.41) is 12.3. The number of nitrogens with zero attached hydrogens (tertiary/aromatic N) is 2. The molecule has 2 aliphatic heterocycles. The van der Waals surface area contributed by atoms with Crippen LogP contribution in [0, 0.1) is 5.41 Å². The van der Waals surface area contributed by atoms with Gasteiger partial charge in [-0.2, -0.15) is 5.10 Å². The Kier molecular flexibility index (Phi) is 4.42. The molecular formula is C18H25N5O3. The Balaban J connectivity index is 1.28. The van der Waals surface area contributed by atoms with Gasteiger partial charge < -0.3 is 15.5 Å². The van der Waals surface area contributed by atoms with Gasteiger partial charge in [0.25, 0.3) is 5.91 Å². The third-order valence-corrected chi connectivity index (χ3v) is 6.19. The third kappa shape index (κ3) is 3.32. The van der Waals surface area contributed by atoms with Crippen molar-refractivity contribution in [1.29, 1.82) is 0 Å². The maximum atomic E-state index is 12.6. The molecule has 3 amide bonds. The molecule has 1 atom stereocenters. The molecule has 4 rings (SSSR count). The van der Waals surface area contributed by atoms with Crippen LogP contribution in [0.25, 0.3) is 0 Å². The number of hydrogen-bond acceptors (Lipinski definition) is 4. The van der Waals surface area contributed by atoms with Crippen LogP contribution in [-0.2, 0) is 9.59 Å². The highest BCUT2D eigenvalue weighted by atomic mass is 16.2. The topological polar surface area (TPSA) is 107 Å². The first-order chi connectivity index (χ1) is 12.5. The van der Waals surface area contributed by atoms with E-state index < -0.39 is 0 Å². The summed E-state index contributed by atoms with van der Waals surface area (Å²) in [5.74, 6) is -0.0332.